The van der Waals surface area contributed by atoms with Crippen LogP contribution in [0.5, 0.6) is 5.75 Å². The zero-order valence-corrected chi connectivity index (χ0v) is 21.7. The number of likely N-dealkylation sites (tertiary alicyclic amines) is 1. The van der Waals surface area contributed by atoms with Gasteiger partial charge < -0.3 is 10.0 Å². The molecule has 2 aromatic carbocycles. The molecule has 0 bridgehead atoms. The van der Waals surface area contributed by atoms with Crippen molar-refractivity contribution in [2.24, 2.45) is 9.94 Å². The Morgan fingerprint density at radius 3 is 2.12 bits per heavy atom. The summed E-state index contributed by atoms with van der Waals surface area (Å²) < 4.78 is 4.30. The quantitative estimate of drug-likeness (QED) is 0.482. The lowest BCUT2D eigenvalue weighted by molar-refractivity contribution is 0.0963. The summed E-state index contributed by atoms with van der Waals surface area (Å²) in [6, 6.07) is 14.2. The standard InChI is InChI=1S/C27H35BrN2O2/c1-26(2,3)21-14-20(15-22(25(21)32)27(4,5)6)23(31)17-30-16-19(13-24(30)29-28)12-18-10-8-7-9-11-18/h7-11,14-15,19,32H,12-13,16-17H2,1-6H3/b29-24-. The number of carbonyl (C=O) groups excluding carboxylic acids is 1. The molecule has 1 unspecified atom stereocenters. The topological polar surface area (TPSA) is 52.9 Å². The molecule has 1 atom stereocenters. The van der Waals surface area contributed by atoms with Gasteiger partial charge in [-0.05, 0) is 40.9 Å². The molecule has 1 aliphatic heterocycles. The van der Waals surface area contributed by atoms with E-state index in [1.54, 1.807) is 0 Å². The van der Waals surface area contributed by atoms with Gasteiger partial charge in [0.2, 0.25) is 0 Å². The third-order valence-corrected chi connectivity index (χ3v) is 6.57. The summed E-state index contributed by atoms with van der Waals surface area (Å²) in [5.74, 6) is 1.70. The molecule has 1 aliphatic rings. The SMILES string of the molecule is CC(C)(C)c1cc(C(=O)CN2CC(Cc3ccccc3)C/C2=N/Br)cc(C(C)(C)C)c1O. The third-order valence-electron chi connectivity index (χ3n) is 6.16. The van der Waals surface area contributed by atoms with E-state index in [-0.39, 0.29) is 23.2 Å². The minimum atomic E-state index is -0.267. The minimum absolute atomic E-state index is 0.0509. The maximum Gasteiger partial charge on any atom is 0.182 e. The number of benzene rings is 2. The summed E-state index contributed by atoms with van der Waals surface area (Å²) in [6.45, 7) is 13.5. The van der Waals surface area contributed by atoms with Gasteiger partial charge in [0.25, 0.3) is 0 Å². The van der Waals surface area contributed by atoms with Crippen LogP contribution in [0.1, 0.15) is 75.0 Å². The molecule has 2 aromatic rings. The molecule has 5 heteroatoms. The first-order valence-corrected chi connectivity index (χ1v) is 12.0. The van der Waals surface area contributed by atoms with Gasteiger partial charge in [-0.15, -0.1) is 0 Å². The Hall–Kier alpha value is -2.14. The Bertz CT molecular complexity index is 966. The Morgan fingerprint density at radius 1 is 1.06 bits per heavy atom. The van der Waals surface area contributed by atoms with Crippen molar-refractivity contribution in [3.05, 3.63) is 64.7 Å². The molecule has 32 heavy (non-hydrogen) atoms. The number of amidine groups is 1. The van der Waals surface area contributed by atoms with Crippen LogP contribution in [0.25, 0.3) is 0 Å². The van der Waals surface area contributed by atoms with E-state index in [9.17, 15) is 9.90 Å². The maximum atomic E-state index is 13.4. The van der Waals surface area contributed by atoms with Gasteiger partial charge in [-0.1, -0.05) is 71.9 Å². The number of nitrogens with zero attached hydrogens (tertiary/aromatic N) is 2. The number of hydrogen-bond acceptors (Lipinski definition) is 3. The van der Waals surface area contributed by atoms with Gasteiger partial charge in [0.15, 0.2) is 5.78 Å². The lowest BCUT2D eigenvalue weighted by atomic mass is 9.78. The van der Waals surface area contributed by atoms with Crippen LogP contribution in [0.4, 0.5) is 0 Å². The van der Waals surface area contributed by atoms with Crippen LogP contribution in [0.2, 0.25) is 0 Å². The van der Waals surface area contributed by atoms with Crippen LogP contribution in [-0.4, -0.2) is 34.7 Å². The van der Waals surface area contributed by atoms with E-state index in [1.807, 2.05) is 18.2 Å². The molecule has 0 saturated carbocycles. The molecule has 1 heterocycles. The van der Waals surface area contributed by atoms with Crippen molar-refractivity contribution in [3.63, 3.8) is 0 Å². The number of phenolic OH excluding ortho intramolecular Hbond substituents is 1. The Balaban J connectivity index is 1.84. The predicted octanol–water partition coefficient (Wildman–Crippen LogP) is 6.44. The molecule has 0 radical (unpaired) electrons. The Labute approximate surface area is 201 Å². The molecule has 172 valence electrons. The predicted molar refractivity (Wildman–Crippen MR) is 136 cm³/mol. The minimum Gasteiger partial charge on any atom is -0.507 e. The molecule has 0 amide bonds. The van der Waals surface area contributed by atoms with E-state index < -0.39 is 0 Å². The molecule has 1 saturated heterocycles. The van der Waals surface area contributed by atoms with Crippen molar-refractivity contribution in [1.29, 1.82) is 0 Å². The number of hydrogen-bond donors (Lipinski definition) is 1. The van der Waals surface area contributed by atoms with Gasteiger partial charge in [0, 0.05) is 29.7 Å². The first kappa shape index (κ1) is 24.5. The molecular formula is C27H35BrN2O2. The second-order valence-electron chi connectivity index (χ2n) is 11.0. The molecule has 4 nitrogen and oxygen atoms in total. The lowest BCUT2D eigenvalue weighted by Gasteiger charge is -2.28. The zero-order chi connectivity index (χ0) is 23.7. The van der Waals surface area contributed by atoms with E-state index in [2.05, 4.69) is 90.9 Å². The van der Waals surface area contributed by atoms with Gasteiger partial charge >= 0.3 is 0 Å². The summed E-state index contributed by atoms with van der Waals surface area (Å²) in [5, 5.41) is 11.0. The Morgan fingerprint density at radius 2 is 1.62 bits per heavy atom. The molecule has 3 rings (SSSR count). The second-order valence-corrected chi connectivity index (χ2v) is 11.3. The average Bonchev–Trinajstić information content (AvgIpc) is 3.08. The highest BCUT2D eigenvalue weighted by molar-refractivity contribution is 9.08. The molecule has 1 fully saturated rings. The zero-order valence-electron chi connectivity index (χ0n) is 20.1. The normalized spacial score (nSPS) is 18.4. The van der Waals surface area contributed by atoms with Crippen LogP contribution >= 0.6 is 16.1 Å². The number of carbonyl (C=O) groups is 1. The summed E-state index contributed by atoms with van der Waals surface area (Å²) in [7, 11) is 0. The van der Waals surface area contributed by atoms with Crippen LogP contribution in [-0.2, 0) is 17.3 Å². The fourth-order valence-electron chi connectivity index (χ4n) is 4.40. The van der Waals surface area contributed by atoms with Gasteiger partial charge in [-0.25, -0.2) is 0 Å². The monoisotopic (exact) mass is 498 g/mol. The number of Topliss-reactive ketones (excluding diaryl/α,β-unsaturated/α-hetero) is 1. The number of halogens is 1. The van der Waals surface area contributed by atoms with Crippen molar-refractivity contribution >= 4 is 27.8 Å². The molecular weight excluding hydrogens is 464 g/mol. The average molecular weight is 499 g/mol. The summed E-state index contributed by atoms with van der Waals surface area (Å²) in [6.07, 6.45) is 1.82. The van der Waals surface area contributed by atoms with Crippen LogP contribution in [0.3, 0.4) is 0 Å². The number of rotatable bonds is 5. The smallest absolute Gasteiger partial charge is 0.182 e. The van der Waals surface area contributed by atoms with Gasteiger partial charge in [-0.2, -0.15) is 4.02 Å². The van der Waals surface area contributed by atoms with Crippen LogP contribution in [0.15, 0.2) is 46.5 Å². The van der Waals surface area contributed by atoms with Crippen molar-refractivity contribution in [2.75, 3.05) is 13.1 Å². The van der Waals surface area contributed by atoms with Crippen molar-refractivity contribution in [2.45, 2.75) is 65.2 Å². The fourth-order valence-corrected chi connectivity index (χ4v) is 4.77. The third kappa shape index (κ3) is 5.61. The van der Waals surface area contributed by atoms with Crippen LogP contribution in [0, 0.1) is 5.92 Å². The number of phenols is 1. The number of aromatic hydroxyl groups is 1. The molecule has 0 aliphatic carbocycles. The number of ketones is 1. The first-order valence-electron chi connectivity index (χ1n) is 11.3. The van der Waals surface area contributed by atoms with E-state index in [0.717, 1.165) is 36.3 Å². The van der Waals surface area contributed by atoms with Gasteiger partial charge in [0.1, 0.15) is 11.6 Å². The van der Waals surface area contributed by atoms with Crippen molar-refractivity contribution in [1.82, 2.24) is 4.90 Å². The summed E-state index contributed by atoms with van der Waals surface area (Å²) >= 11 is 3.26. The fraction of sp³-hybridized carbons (Fsp3) is 0.481. The van der Waals surface area contributed by atoms with E-state index in [4.69, 9.17) is 0 Å². The summed E-state index contributed by atoms with van der Waals surface area (Å²) in [5.41, 5.74) is 3.05. The first-order chi connectivity index (χ1) is 14.9. The van der Waals surface area contributed by atoms with Crippen molar-refractivity contribution < 1.29 is 9.90 Å². The Kier molecular flexibility index (Phi) is 7.18. The van der Waals surface area contributed by atoms with Crippen LogP contribution < -0.4 is 0 Å². The second kappa shape index (κ2) is 9.38. The highest BCUT2D eigenvalue weighted by Crippen LogP contribution is 2.40. The molecule has 1 N–H and O–H groups in total. The summed E-state index contributed by atoms with van der Waals surface area (Å²) in [4.78, 5) is 15.5. The van der Waals surface area contributed by atoms with E-state index in [1.165, 1.54) is 5.56 Å². The largest absolute Gasteiger partial charge is 0.507 e. The highest BCUT2D eigenvalue weighted by Gasteiger charge is 2.31. The molecule has 0 aromatic heterocycles. The van der Waals surface area contributed by atoms with Gasteiger partial charge in [0.05, 0.1) is 22.7 Å². The van der Waals surface area contributed by atoms with Gasteiger partial charge in [-0.3, -0.25) is 4.79 Å². The highest BCUT2D eigenvalue weighted by atomic mass is 79.9. The molecule has 0 spiro atoms. The maximum absolute atomic E-state index is 13.4. The van der Waals surface area contributed by atoms with Crippen molar-refractivity contribution in [3.8, 4) is 5.75 Å². The van der Waals surface area contributed by atoms with E-state index in [0.29, 0.717) is 17.2 Å². The lowest BCUT2D eigenvalue weighted by Crippen LogP contribution is -2.32. The van der Waals surface area contributed by atoms with E-state index >= 15 is 0 Å².